The van der Waals surface area contributed by atoms with Crippen molar-refractivity contribution in [3.63, 3.8) is 0 Å². The number of phenols is 2. The molecular weight excluding hydrogens is 248 g/mol. The molecule has 1 aliphatic carbocycles. The van der Waals surface area contributed by atoms with Gasteiger partial charge in [0.2, 0.25) is 0 Å². The maximum absolute atomic E-state index is 12.2. The van der Waals surface area contributed by atoms with Gasteiger partial charge >= 0.3 is 0 Å². The zero-order valence-corrected chi connectivity index (χ0v) is 10.7. The summed E-state index contributed by atoms with van der Waals surface area (Å²) in [4.78, 5) is 12.2. The van der Waals surface area contributed by atoms with Crippen molar-refractivity contribution in [3.05, 3.63) is 23.3 Å². The summed E-state index contributed by atoms with van der Waals surface area (Å²) in [6.45, 7) is 2.85. The van der Waals surface area contributed by atoms with E-state index in [2.05, 4.69) is 0 Å². The lowest BCUT2D eigenvalue weighted by molar-refractivity contribution is -0.181. The van der Waals surface area contributed by atoms with Gasteiger partial charge in [-0.3, -0.25) is 4.79 Å². The Morgan fingerprint density at radius 1 is 1.16 bits per heavy atom. The summed E-state index contributed by atoms with van der Waals surface area (Å²) < 4.78 is 11.2. The number of phenolic OH excluding ortho intramolecular Hbond substituents is 2. The number of carbonyl (C=O) groups is 1. The molecule has 19 heavy (non-hydrogen) atoms. The Balaban J connectivity index is 2.00. The summed E-state index contributed by atoms with van der Waals surface area (Å²) >= 11 is 0. The van der Waals surface area contributed by atoms with Gasteiger partial charge < -0.3 is 19.7 Å². The lowest BCUT2D eigenvalue weighted by Gasteiger charge is -2.35. The Labute approximate surface area is 110 Å². The molecule has 3 rings (SSSR count). The van der Waals surface area contributed by atoms with Gasteiger partial charge in [0.05, 0.1) is 18.8 Å². The number of Topliss-reactive ketones (excluding diaryl/α,β-unsaturated/α-hetero) is 1. The number of fused-ring (bicyclic) bond motifs is 1. The summed E-state index contributed by atoms with van der Waals surface area (Å²) in [5.41, 5.74) is 0.722. The largest absolute Gasteiger partial charge is 0.508 e. The van der Waals surface area contributed by atoms with Crippen molar-refractivity contribution >= 4 is 5.78 Å². The van der Waals surface area contributed by atoms with Crippen molar-refractivity contribution < 1.29 is 24.5 Å². The van der Waals surface area contributed by atoms with Crippen molar-refractivity contribution in [2.75, 3.05) is 13.2 Å². The van der Waals surface area contributed by atoms with E-state index in [4.69, 9.17) is 9.47 Å². The molecule has 2 N–H and O–H groups in total. The van der Waals surface area contributed by atoms with E-state index in [-0.39, 0.29) is 35.2 Å². The molecule has 5 heteroatoms. The highest BCUT2D eigenvalue weighted by Crippen LogP contribution is 2.42. The molecule has 1 aliphatic heterocycles. The standard InChI is InChI=1S/C14H16O5/c1-14(18-4-5-19-14)8-6-9-10(15)2-3-11(16)13(9)12(17)7-8/h2-3,8,15-16H,4-7H2,1H3/t8-/m0/s1. The first-order valence-electron chi connectivity index (χ1n) is 6.36. The first-order chi connectivity index (χ1) is 9.01. The summed E-state index contributed by atoms with van der Waals surface area (Å²) in [5, 5.41) is 19.7. The van der Waals surface area contributed by atoms with Crippen LogP contribution in [0.3, 0.4) is 0 Å². The Kier molecular flexibility index (Phi) is 2.76. The summed E-state index contributed by atoms with van der Waals surface area (Å²) in [7, 11) is 0. The second-order valence-corrected chi connectivity index (χ2v) is 5.20. The number of carbonyl (C=O) groups excluding carboxylic acids is 1. The molecule has 1 aromatic rings. The molecule has 1 saturated heterocycles. The fourth-order valence-electron chi connectivity index (χ4n) is 2.92. The van der Waals surface area contributed by atoms with E-state index in [0.29, 0.717) is 25.2 Å². The number of rotatable bonds is 1. The molecule has 2 aliphatic rings. The fraction of sp³-hybridized carbons (Fsp3) is 0.500. The van der Waals surface area contributed by atoms with E-state index in [1.807, 2.05) is 6.92 Å². The first-order valence-corrected chi connectivity index (χ1v) is 6.36. The maximum atomic E-state index is 12.2. The van der Waals surface area contributed by atoms with Crippen LogP contribution in [0.2, 0.25) is 0 Å². The zero-order chi connectivity index (χ0) is 13.6. The normalized spacial score (nSPS) is 25.3. The van der Waals surface area contributed by atoms with Crippen LogP contribution in [-0.2, 0) is 15.9 Å². The molecule has 0 saturated carbocycles. The number of ether oxygens (including phenoxy) is 2. The van der Waals surface area contributed by atoms with Crippen LogP contribution in [0.25, 0.3) is 0 Å². The highest BCUT2D eigenvalue weighted by molar-refractivity contribution is 6.01. The van der Waals surface area contributed by atoms with E-state index in [9.17, 15) is 15.0 Å². The van der Waals surface area contributed by atoms with Gasteiger partial charge in [0.15, 0.2) is 11.6 Å². The molecule has 1 aromatic carbocycles. The zero-order valence-electron chi connectivity index (χ0n) is 10.7. The highest BCUT2D eigenvalue weighted by Gasteiger charge is 2.44. The van der Waals surface area contributed by atoms with Gasteiger partial charge in [-0.05, 0) is 25.5 Å². The second kappa shape index (κ2) is 4.21. The average molecular weight is 264 g/mol. The quantitative estimate of drug-likeness (QED) is 0.754. The van der Waals surface area contributed by atoms with E-state index in [1.165, 1.54) is 12.1 Å². The summed E-state index contributed by atoms with van der Waals surface area (Å²) in [5.74, 6) is -1.16. The summed E-state index contributed by atoms with van der Waals surface area (Å²) in [6, 6.07) is 2.75. The maximum Gasteiger partial charge on any atom is 0.169 e. The molecule has 1 atom stereocenters. The van der Waals surface area contributed by atoms with Crippen molar-refractivity contribution in [3.8, 4) is 11.5 Å². The molecule has 102 valence electrons. The van der Waals surface area contributed by atoms with Crippen LogP contribution in [0.4, 0.5) is 0 Å². The fourth-order valence-corrected chi connectivity index (χ4v) is 2.92. The SMILES string of the molecule is CC1([C@@H]2CC(=O)c3c(O)ccc(O)c3C2)OCCO1. The van der Waals surface area contributed by atoms with Crippen molar-refractivity contribution in [2.45, 2.75) is 25.6 Å². The van der Waals surface area contributed by atoms with E-state index < -0.39 is 5.79 Å². The van der Waals surface area contributed by atoms with Crippen molar-refractivity contribution in [1.29, 1.82) is 0 Å². The number of hydrogen-bond donors (Lipinski definition) is 2. The molecule has 0 unspecified atom stereocenters. The van der Waals surface area contributed by atoms with Gasteiger partial charge in [0.1, 0.15) is 11.5 Å². The van der Waals surface area contributed by atoms with Gasteiger partial charge in [-0.25, -0.2) is 0 Å². The number of benzene rings is 1. The van der Waals surface area contributed by atoms with Crippen molar-refractivity contribution in [2.24, 2.45) is 5.92 Å². The summed E-state index contributed by atoms with van der Waals surface area (Å²) in [6.07, 6.45) is 0.707. The van der Waals surface area contributed by atoms with Crippen molar-refractivity contribution in [1.82, 2.24) is 0 Å². The third-order valence-corrected chi connectivity index (χ3v) is 4.03. The Morgan fingerprint density at radius 3 is 2.47 bits per heavy atom. The van der Waals surface area contributed by atoms with Crippen LogP contribution in [0.1, 0.15) is 29.3 Å². The van der Waals surface area contributed by atoms with Crippen LogP contribution in [0, 0.1) is 5.92 Å². The predicted molar refractivity (Wildman–Crippen MR) is 66.2 cm³/mol. The van der Waals surface area contributed by atoms with E-state index in [0.717, 1.165) is 0 Å². The minimum absolute atomic E-state index is 0.0347. The number of hydrogen-bond acceptors (Lipinski definition) is 5. The third-order valence-electron chi connectivity index (χ3n) is 4.03. The minimum atomic E-state index is -0.786. The molecule has 1 heterocycles. The number of ketones is 1. The molecule has 0 radical (unpaired) electrons. The molecule has 0 bridgehead atoms. The molecule has 0 amide bonds. The molecule has 0 aromatic heterocycles. The Bertz CT molecular complexity index is 531. The van der Waals surface area contributed by atoms with E-state index in [1.54, 1.807) is 0 Å². The van der Waals surface area contributed by atoms with Crippen LogP contribution in [0.5, 0.6) is 11.5 Å². The van der Waals surface area contributed by atoms with Gasteiger partial charge in [-0.1, -0.05) is 0 Å². The lowest BCUT2D eigenvalue weighted by atomic mass is 9.78. The Hall–Kier alpha value is -1.59. The van der Waals surface area contributed by atoms with Gasteiger partial charge in [-0.15, -0.1) is 0 Å². The van der Waals surface area contributed by atoms with Crippen LogP contribution >= 0.6 is 0 Å². The second-order valence-electron chi connectivity index (χ2n) is 5.20. The minimum Gasteiger partial charge on any atom is -0.508 e. The van der Waals surface area contributed by atoms with E-state index >= 15 is 0 Å². The molecule has 5 nitrogen and oxygen atoms in total. The number of aromatic hydroxyl groups is 2. The van der Waals surface area contributed by atoms with Gasteiger partial charge in [0, 0.05) is 17.9 Å². The van der Waals surface area contributed by atoms with Crippen LogP contribution in [-0.4, -0.2) is 35.0 Å². The first kappa shape index (κ1) is 12.4. The molecule has 1 fully saturated rings. The predicted octanol–water partition coefficient (Wildman–Crippen LogP) is 1.61. The molecule has 0 spiro atoms. The van der Waals surface area contributed by atoms with Gasteiger partial charge in [-0.2, -0.15) is 0 Å². The Morgan fingerprint density at radius 2 is 1.79 bits per heavy atom. The topological polar surface area (TPSA) is 76.0 Å². The van der Waals surface area contributed by atoms with Crippen LogP contribution in [0.15, 0.2) is 12.1 Å². The van der Waals surface area contributed by atoms with Gasteiger partial charge in [0.25, 0.3) is 0 Å². The highest BCUT2D eigenvalue weighted by atomic mass is 16.7. The smallest absolute Gasteiger partial charge is 0.169 e. The lowest BCUT2D eigenvalue weighted by Crippen LogP contribution is -2.40. The third kappa shape index (κ3) is 1.89. The monoisotopic (exact) mass is 264 g/mol. The van der Waals surface area contributed by atoms with Crippen LogP contribution < -0.4 is 0 Å². The average Bonchev–Trinajstić information content (AvgIpc) is 2.82. The molecular formula is C14H16O5.